The maximum Gasteiger partial charge on any atom is 0.238 e. The first-order valence-electron chi connectivity index (χ1n) is 5.38. The van der Waals surface area contributed by atoms with Crippen LogP contribution in [0.1, 0.15) is 13.3 Å². The minimum absolute atomic E-state index is 0.0486. The summed E-state index contributed by atoms with van der Waals surface area (Å²) in [6, 6.07) is 7.51. The molecule has 0 saturated heterocycles. The summed E-state index contributed by atoms with van der Waals surface area (Å²) in [6.07, 6.45) is 0.765. The van der Waals surface area contributed by atoms with Crippen LogP contribution in [0.3, 0.4) is 0 Å². The molecule has 0 aliphatic rings. The number of carbonyl (C=O) groups excluding carboxylic acids is 1. The molecule has 0 bridgehead atoms. The van der Waals surface area contributed by atoms with Crippen molar-refractivity contribution < 1.29 is 4.79 Å². The molecule has 1 amide bonds. The highest BCUT2D eigenvalue weighted by Crippen LogP contribution is 2.15. The third-order valence-electron chi connectivity index (χ3n) is 2.00. The molecule has 2 N–H and O–H groups in total. The van der Waals surface area contributed by atoms with Gasteiger partial charge in [0.1, 0.15) is 0 Å². The minimum Gasteiger partial charge on any atom is -0.325 e. The third-order valence-corrected chi connectivity index (χ3v) is 2.49. The second-order valence-corrected chi connectivity index (χ2v) is 4.33. The van der Waals surface area contributed by atoms with Crippen LogP contribution < -0.4 is 10.6 Å². The van der Waals surface area contributed by atoms with Gasteiger partial charge in [0.2, 0.25) is 5.91 Å². The van der Waals surface area contributed by atoms with E-state index in [0.717, 1.165) is 23.1 Å². The zero-order valence-electron chi connectivity index (χ0n) is 9.72. The van der Waals surface area contributed by atoms with Crippen LogP contribution >= 0.6 is 15.9 Å². The predicted octanol–water partition coefficient (Wildman–Crippen LogP) is 2.39. The lowest BCUT2D eigenvalue weighted by Gasteiger charge is -2.06. The number of amides is 1. The Bertz CT molecular complexity index is 435. The van der Waals surface area contributed by atoms with Crippen LogP contribution in [0.4, 0.5) is 5.69 Å². The van der Waals surface area contributed by atoms with Gasteiger partial charge >= 0.3 is 0 Å². The number of hydrogen-bond acceptors (Lipinski definition) is 2. The summed E-state index contributed by atoms with van der Waals surface area (Å²) in [4.78, 5) is 11.5. The number of anilines is 1. The zero-order chi connectivity index (χ0) is 12.5. The summed E-state index contributed by atoms with van der Waals surface area (Å²) in [5.41, 5.74) is 0.791. The number of rotatable bonds is 5. The lowest BCUT2D eigenvalue weighted by Crippen LogP contribution is -2.28. The van der Waals surface area contributed by atoms with Gasteiger partial charge in [0, 0.05) is 23.1 Å². The van der Waals surface area contributed by atoms with E-state index >= 15 is 0 Å². The Balaban J connectivity index is 2.27. The van der Waals surface area contributed by atoms with Crippen molar-refractivity contribution >= 4 is 27.5 Å². The van der Waals surface area contributed by atoms with E-state index in [-0.39, 0.29) is 5.91 Å². The van der Waals surface area contributed by atoms with Crippen LogP contribution in [0.15, 0.2) is 28.7 Å². The standard InChI is InChI=1S/C13H15BrN2O/c1-2-3-4-8-15-10-13(17)16-12-7-5-6-11(14)9-12/h5-7,9,15H,4,8,10H2,1H3,(H,16,17). The van der Waals surface area contributed by atoms with Gasteiger partial charge in [-0.2, -0.15) is 0 Å². The summed E-state index contributed by atoms with van der Waals surface area (Å²) in [6.45, 7) is 2.84. The number of benzene rings is 1. The van der Waals surface area contributed by atoms with E-state index < -0.39 is 0 Å². The van der Waals surface area contributed by atoms with Crippen LogP contribution in [0.2, 0.25) is 0 Å². The number of hydrogen-bond donors (Lipinski definition) is 2. The molecule has 0 radical (unpaired) electrons. The first kappa shape index (κ1) is 13.8. The molecule has 3 nitrogen and oxygen atoms in total. The van der Waals surface area contributed by atoms with Gasteiger partial charge in [-0.3, -0.25) is 4.79 Å². The zero-order valence-corrected chi connectivity index (χ0v) is 11.3. The minimum atomic E-state index is -0.0486. The molecule has 4 heteroatoms. The molecule has 0 heterocycles. The second kappa shape index (κ2) is 7.88. The van der Waals surface area contributed by atoms with Gasteiger partial charge in [-0.1, -0.05) is 22.0 Å². The Morgan fingerprint density at radius 2 is 2.29 bits per heavy atom. The molecule has 0 fully saturated rings. The van der Waals surface area contributed by atoms with Crippen molar-refractivity contribution in [2.75, 3.05) is 18.4 Å². The molecule has 0 saturated carbocycles. The molecule has 0 aliphatic carbocycles. The van der Waals surface area contributed by atoms with Gasteiger partial charge < -0.3 is 10.6 Å². The second-order valence-electron chi connectivity index (χ2n) is 3.41. The highest BCUT2D eigenvalue weighted by molar-refractivity contribution is 9.10. The number of halogens is 1. The summed E-state index contributed by atoms with van der Waals surface area (Å²) >= 11 is 3.35. The van der Waals surface area contributed by atoms with Crippen LogP contribution in [0.5, 0.6) is 0 Å². The first-order valence-corrected chi connectivity index (χ1v) is 6.17. The van der Waals surface area contributed by atoms with Gasteiger partial charge in [-0.25, -0.2) is 0 Å². The molecule has 1 rings (SSSR count). The average molecular weight is 295 g/mol. The van der Waals surface area contributed by atoms with E-state index in [0.29, 0.717) is 6.54 Å². The topological polar surface area (TPSA) is 41.1 Å². The lowest BCUT2D eigenvalue weighted by molar-refractivity contribution is -0.115. The Hall–Kier alpha value is -1.31. The van der Waals surface area contributed by atoms with Crippen molar-refractivity contribution in [3.05, 3.63) is 28.7 Å². The lowest BCUT2D eigenvalue weighted by atomic mass is 10.3. The molecular formula is C13H15BrN2O. The van der Waals surface area contributed by atoms with Gasteiger partial charge in [-0.15, -0.1) is 11.8 Å². The third kappa shape index (κ3) is 6.10. The molecule has 0 spiro atoms. The molecule has 1 aromatic carbocycles. The number of nitrogens with one attached hydrogen (secondary N) is 2. The fourth-order valence-corrected chi connectivity index (χ4v) is 1.65. The Morgan fingerprint density at radius 1 is 1.47 bits per heavy atom. The van der Waals surface area contributed by atoms with Crippen LogP contribution in [-0.2, 0) is 4.79 Å². The fourth-order valence-electron chi connectivity index (χ4n) is 1.25. The summed E-state index contributed by atoms with van der Waals surface area (Å²) in [5.74, 6) is 5.69. The Morgan fingerprint density at radius 3 is 3.00 bits per heavy atom. The molecule has 0 atom stereocenters. The highest BCUT2D eigenvalue weighted by Gasteiger charge is 2.01. The summed E-state index contributed by atoms with van der Waals surface area (Å²) < 4.78 is 0.946. The molecule has 0 unspecified atom stereocenters. The van der Waals surface area contributed by atoms with E-state index in [4.69, 9.17) is 0 Å². The van der Waals surface area contributed by atoms with E-state index in [1.165, 1.54) is 0 Å². The largest absolute Gasteiger partial charge is 0.325 e. The Labute approximate surface area is 110 Å². The van der Waals surface area contributed by atoms with E-state index in [9.17, 15) is 4.79 Å². The quantitative estimate of drug-likeness (QED) is 0.647. The van der Waals surface area contributed by atoms with E-state index in [1.54, 1.807) is 6.92 Å². The van der Waals surface area contributed by atoms with Crippen molar-refractivity contribution in [2.24, 2.45) is 0 Å². The smallest absolute Gasteiger partial charge is 0.238 e. The predicted molar refractivity (Wildman–Crippen MR) is 73.7 cm³/mol. The number of carbonyl (C=O) groups is 1. The maximum absolute atomic E-state index is 11.5. The fraction of sp³-hybridized carbons (Fsp3) is 0.308. The van der Waals surface area contributed by atoms with Crippen molar-refractivity contribution in [3.63, 3.8) is 0 Å². The van der Waals surface area contributed by atoms with Crippen LogP contribution in [0, 0.1) is 11.8 Å². The van der Waals surface area contributed by atoms with Crippen molar-refractivity contribution in [1.82, 2.24) is 5.32 Å². The highest BCUT2D eigenvalue weighted by atomic mass is 79.9. The van der Waals surface area contributed by atoms with Crippen molar-refractivity contribution in [1.29, 1.82) is 0 Å². The van der Waals surface area contributed by atoms with E-state index in [2.05, 4.69) is 38.4 Å². The van der Waals surface area contributed by atoms with Gasteiger partial charge in [0.25, 0.3) is 0 Å². The molecule has 90 valence electrons. The molecule has 0 aromatic heterocycles. The van der Waals surface area contributed by atoms with Crippen LogP contribution in [-0.4, -0.2) is 19.0 Å². The van der Waals surface area contributed by atoms with Crippen LogP contribution in [0.25, 0.3) is 0 Å². The van der Waals surface area contributed by atoms with E-state index in [1.807, 2.05) is 24.3 Å². The molecule has 0 aliphatic heterocycles. The molecule has 1 aromatic rings. The molecular weight excluding hydrogens is 280 g/mol. The first-order chi connectivity index (χ1) is 8.22. The van der Waals surface area contributed by atoms with Gasteiger partial charge in [-0.05, 0) is 25.1 Å². The Kier molecular flexibility index (Phi) is 6.38. The van der Waals surface area contributed by atoms with Crippen molar-refractivity contribution in [3.8, 4) is 11.8 Å². The average Bonchev–Trinajstić information content (AvgIpc) is 2.29. The summed E-state index contributed by atoms with van der Waals surface area (Å²) in [7, 11) is 0. The molecule has 17 heavy (non-hydrogen) atoms. The van der Waals surface area contributed by atoms with Crippen molar-refractivity contribution in [2.45, 2.75) is 13.3 Å². The maximum atomic E-state index is 11.5. The van der Waals surface area contributed by atoms with Gasteiger partial charge in [0.15, 0.2) is 0 Å². The van der Waals surface area contributed by atoms with Gasteiger partial charge in [0.05, 0.1) is 6.54 Å². The normalized spacial score (nSPS) is 9.29. The SMILES string of the molecule is CC#CCCNCC(=O)Nc1cccc(Br)c1. The monoisotopic (exact) mass is 294 g/mol. The summed E-state index contributed by atoms with van der Waals surface area (Å²) in [5, 5.41) is 5.83.